The summed E-state index contributed by atoms with van der Waals surface area (Å²) in [6.45, 7) is 9.59. The lowest BCUT2D eigenvalue weighted by molar-refractivity contribution is -0.134. The minimum absolute atomic E-state index is 0.0181. The fourth-order valence-electron chi connectivity index (χ4n) is 3.74. The molecule has 0 aliphatic carbocycles. The van der Waals surface area contributed by atoms with Gasteiger partial charge in [-0.15, -0.1) is 0 Å². The number of rotatable bonds is 11. The number of hydrogen-bond acceptors (Lipinski definition) is 3. The lowest BCUT2D eigenvalue weighted by atomic mass is 10.1. The molecule has 1 aromatic carbocycles. The van der Waals surface area contributed by atoms with Crippen LogP contribution in [0.4, 0.5) is 0 Å². The summed E-state index contributed by atoms with van der Waals surface area (Å²) in [5.41, 5.74) is 0.690. The molecule has 0 spiro atoms. The van der Waals surface area contributed by atoms with Crippen molar-refractivity contribution in [2.24, 2.45) is 0 Å². The SMILES string of the molecule is CCCCCC(=O)N(CCCC)C(CC)c1nc2ccccc2c(=O)n1CC. The molecule has 2 aromatic rings. The maximum atomic E-state index is 13.1. The number of aromatic nitrogens is 2. The summed E-state index contributed by atoms with van der Waals surface area (Å²) in [6, 6.07) is 7.31. The van der Waals surface area contributed by atoms with Gasteiger partial charge >= 0.3 is 0 Å². The van der Waals surface area contributed by atoms with Crippen LogP contribution in [0.3, 0.4) is 0 Å². The molecule has 0 aliphatic rings. The van der Waals surface area contributed by atoms with Gasteiger partial charge in [-0.05, 0) is 38.3 Å². The number of para-hydroxylation sites is 1. The van der Waals surface area contributed by atoms with Crippen molar-refractivity contribution < 1.29 is 4.79 Å². The van der Waals surface area contributed by atoms with E-state index >= 15 is 0 Å². The predicted octanol–water partition coefficient (Wildman–Crippen LogP) is 5.08. The van der Waals surface area contributed by atoms with Crippen LogP contribution in [0.25, 0.3) is 10.9 Å². The van der Waals surface area contributed by atoms with Crippen LogP contribution in [0.1, 0.15) is 84.5 Å². The first-order valence-corrected chi connectivity index (χ1v) is 10.9. The Balaban J connectivity index is 2.49. The van der Waals surface area contributed by atoms with E-state index in [1.54, 1.807) is 4.57 Å². The minimum Gasteiger partial charge on any atom is -0.333 e. The van der Waals surface area contributed by atoms with E-state index in [9.17, 15) is 9.59 Å². The van der Waals surface area contributed by atoms with Crippen LogP contribution in [0.2, 0.25) is 0 Å². The molecule has 1 heterocycles. The first-order chi connectivity index (χ1) is 13.6. The van der Waals surface area contributed by atoms with E-state index in [0.29, 0.717) is 36.2 Å². The van der Waals surface area contributed by atoms with Crippen LogP contribution in [0.5, 0.6) is 0 Å². The van der Waals surface area contributed by atoms with Crippen molar-refractivity contribution in [2.75, 3.05) is 6.54 Å². The van der Waals surface area contributed by atoms with E-state index in [0.717, 1.165) is 38.5 Å². The standard InChI is InChI=1S/C23H35N3O2/c1-5-9-11-16-21(27)26(17-10-6-2)20(7-3)22-24-19-15-13-12-14-18(19)23(28)25(22)8-4/h12-15,20H,5-11,16-17H2,1-4H3. The summed E-state index contributed by atoms with van der Waals surface area (Å²) in [5.74, 6) is 0.896. The summed E-state index contributed by atoms with van der Waals surface area (Å²) >= 11 is 0. The molecule has 0 bridgehead atoms. The van der Waals surface area contributed by atoms with Crippen molar-refractivity contribution in [3.8, 4) is 0 Å². The van der Waals surface area contributed by atoms with Gasteiger partial charge in [0, 0.05) is 19.5 Å². The predicted molar refractivity (Wildman–Crippen MR) is 115 cm³/mol. The van der Waals surface area contributed by atoms with Crippen molar-refractivity contribution in [1.82, 2.24) is 14.5 Å². The number of benzene rings is 1. The molecule has 0 aliphatic heterocycles. The fourth-order valence-corrected chi connectivity index (χ4v) is 3.74. The van der Waals surface area contributed by atoms with Crippen molar-refractivity contribution in [3.05, 3.63) is 40.4 Å². The number of fused-ring (bicyclic) bond motifs is 1. The van der Waals surface area contributed by atoms with E-state index < -0.39 is 0 Å². The second-order valence-corrected chi connectivity index (χ2v) is 7.36. The zero-order valence-corrected chi connectivity index (χ0v) is 17.9. The third-order valence-corrected chi connectivity index (χ3v) is 5.34. The van der Waals surface area contributed by atoms with Gasteiger partial charge in [-0.1, -0.05) is 52.2 Å². The lowest BCUT2D eigenvalue weighted by Crippen LogP contribution is -2.39. The van der Waals surface area contributed by atoms with E-state index in [4.69, 9.17) is 4.98 Å². The van der Waals surface area contributed by atoms with Crippen molar-refractivity contribution in [3.63, 3.8) is 0 Å². The van der Waals surface area contributed by atoms with Gasteiger partial charge in [0.05, 0.1) is 16.9 Å². The smallest absolute Gasteiger partial charge is 0.261 e. The zero-order chi connectivity index (χ0) is 20.5. The summed E-state index contributed by atoms with van der Waals surface area (Å²) in [6.07, 6.45) is 6.38. The number of carbonyl (C=O) groups is 1. The van der Waals surface area contributed by atoms with E-state index in [-0.39, 0.29) is 17.5 Å². The Morgan fingerprint density at radius 1 is 1.07 bits per heavy atom. The minimum atomic E-state index is -0.169. The zero-order valence-electron chi connectivity index (χ0n) is 17.9. The molecule has 0 saturated carbocycles. The Labute approximate surface area is 168 Å². The van der Waals surface area contributed by atoms with Crippen LogP contribution < -0.4 is 5.56 Å². The molecular formula is C23H35N3O2. The van der Waals surface area contributed by atoms with E-state index in [2.05, 4.69) is 20.8 Å². The Morgan fingerprint density at radius 3 is 2.43 bits per heavy atom. The second kappa shape index (κ2) is 11.0. The van der Waals surface area contributed by atoms with Crippen molar-refractivity contribution in [1.29, 1.82) is 0 Å². The van der Waals surface area contributed by atoms with E-state index in [1.807, 2.05) is 36.1 Å². The summed E-state index contributed by atoms with van der Waals surface area (Å²) < 4.78 is 1.74. The van der Waals surface area contributed by atoms with Gasteiger partial charge in [-0.3, -0.25) is 14.2 Å². The molecule has 28 heavy (non-hydrogen) atoms. The van der Waals surface area contributed by atoms with Crippen molar-refractivity contribution >= 4 is 16.8 Å². The summed E-state index contributed by atoms with van der Waals surface area (Å²) in [7, 11) is 0. The Hall–Kier alpha value is -2.17. The van der Waals surface area contributed by atoms with E-state index in [1.165, 1.54) is 0 Å². The highest BCUT2D eigenvalue weighted by Gasteiger charge is 2.27. The van der Waals surface area contributed by atoms with Crippen LogP contribution in [-0.4, -0.2) is 26.9 Å². The normalized spacial score (nSPS) is 12.3. The number of unbranched alkanes of at least 4 members (excludes halogenated alkanes) is 3. The second-order valence-electron chi connectivity index (χ2n) is 7.36. The third-order valence-electron chi connectivity index (χ3n) is 5.34. The molecule has 0 saturated heterocycles. The highest BCUT2D eigenvalue weighted by atomic mass is 16.2. The van der Waals surface area contributed by atoms with Gasteiger partial charge in [0.1, 0.15) is 5.82 Å². The van der Waals surface area contributed by atoms with Crippen LogP contribution in [-0.2, 0) is 11.3 Å². The molecule has 0 fully saturated rings. The molecule has 154 valence electrons. The molecule has 5 nitrogen and oxygen atoms in total. The fraction of sp³-hybridized carbons (Fsp3) is 0.609. The molecule has 1 aromatic heterocycles. The van der Waals surface area contributed by atoms with Gasteiger partial charge in [-0.25, -0.2) is 4.98 Å². The van der Waals surface area contributed by atoms with Crippen LogP contribution >= 0.6 is 0 Å². The first-order valence-electron chi connectivity index (χ1n) is 10.9. The highest BCUT2D eigenvalue weighted by molar-refractivity contribution is 5.78. The number of hydrogen-bond donors (Lipinski definition) is 0. The molecule has 1 amide bonds. The van der Waals surface area contributed by atoms with Gasteiger partial charge < -0.3 is 4.90 Å². The number of carbonyl (C=O) groups excluding carboxylic acids is 1. The van der Waals surface area contributed by atoms with Crippen LogP contribution in [0, 0.1) is 0 Å². The van der Waals surface area contributed by atoms with Crippen LogP contribution in [0.15, 0.2) is 29.1 Å². The Kier molecular flexibility index (Phi) is 8.68. The number of nitrogens with zero attached hydrogens (tertiary/aromatic N) is 3. The monoisotopic (exact) mass is 385 g/mol. The first kappa shape index (κ1) is 22.1. The van der Waals surface area contributed by atoms with Gasteiger partial charge in [0.25, 0.3) is 5.56 Å². The molecular weight excluding hydrogens is 350 g/mol. The lowest BCUT2D eigenvalue weighted by Gasteiger charge is -2.32. The maximum absolute atomic E-state index is 13.1. The highest BCUT2D eigenvalue weighted by Crippen LogP contribution is 2.25. The number of amides is 1. The summed E-state index contributed by atoms with van der Waals surface area (Å²) in [4.78, 5) is 32.9. The molecule has 0 radical (unpaired) electrons. The largest absolute Gasteiger partial charge is 0.333 e. The quantitative estimate of drug-likeness (QED) is 0.507. The average Bonchev–Trinajstić information content (AvgIpc) is 2.71. The molecule has 0 N–H and O–H groups in total. The summed E-state index contributed by atoms with van der Waals surface area (Å²) in [5, 5.41) is 0.636. The van der Waals surface area contributed by atoms with Gasteiger partial charge in [-0.2, -0.15) is 0 Å². The maximum Gasteiger partial charge on any atom is 0.261 e. The molecule has 1 atom stereocenters. The van der Waals surface area contributed by atoms with Gasteiger partial charge in [0.2, 0.25) is 5.91 Å². The molecule has 2 rings (SSSR count). The van der Waals surface area contributed by atoms with Crippen molar-refractivity contribution in [2.45, 2.75) is 85.2 Å². The molecule has 1 unspecified atom stereocenters. The Bertz CT molecular complexity index is 828. The average molecular weight is 386 g/mol. The third kappa shape index (κ3) is 5.00. The molecule has 5 heteroatoms. The topological polar surface area (TPSA) is 55.2 Å². The van der Waals surface area contributed by atoms with Gasteiger partial charge in [0.15, 0.2) is 0 Å². The Morgan fingerprint density at radius 2 is 1.79 bits per heavy atom.